The number of hydrogen-bond acceptors (Lipinski definition) is 8. The normalized spacial score (nSPS) is 12.9. The highest BCUT2D eigenvalue weighted by Crippen LogP contribution is 2.61. The average Bonchev–Trinajstić information content (AvgIpc) is 0.948. The van der Waals surface area contributed by atoms with Gasteiger partial charge < -0.3 is 18.9 Å². The second-order valence-corrected chi connectivity index (χ2v) is 33.8. The van der Waals surface area contributed by atoms with E-state index >= 15 is 0 Å². The zero-order valence-electron chi connectivity index (χ0n) is 72.2. The van der Waals surface area contributed by atoms with Crippen LogP contribution in [-0.2, 0) is 10.8 Å². The number of aryl methyl sites for hydroxylation is 4. The van der Waals surface area contributed by atoms with Crippen LogP contribution < -0.4 is 9.80 Å². The molecule has 0 spiro atoms. The molecule has 2 aliphatic heterocycles. The predicted molar refractivity (Wildman–Crippen MR) is 533 cm³/mol. The molecule has 0 saturated heterocycles. The summed E-state index contributed by atoms with van der Waals surface area (Å²) < 4.78 is 4.79. The number of para-hydroxylation sites is 8. The molecule has 10 heteroatoms. The summed E-state index contributed by atoms with van der Waals surface area (Å²) in [6.07, 6.45) is 0. The molecule has 0 N–H and O–H groups in total. The minimum atomic E-state index is -0.648. The van der Waals surface area contributed by atoms with Crippen molar-refractivity contribution in [2.24, 2.45) is 0 Å². The fourth-order valence-electron chi connectivity index (χ4n) is 20.7. The monoisotopic (exact) mass is 1670 g/mol. The van der Waals surface area contributed by atoms with Crippen LogP contribution in [-0.4, -0.2) is 39.0 Å². The van der Waals surface area contributed by atoms with E-state index in [4.69, 9.17) is 29.9 Å². The molecule has 6 heterocycles. The highest BCUT2D eigenvalue weighted by atomic mass is 15.2. The maximum Gasteiger partial charge on any atom is 0.164 e. The van der Waals surface area contributed by atoms with Gasteiger partial charge in [0.25, 0.3) is 0 Å². The van der Waals surface area contributed by atoms with E-state index in [1.54, 1.807) is 0 Å². The fraction of sp³-hybridized carbons (Fsp3) is 0.0500. The number of rotatable bonds is 14. The first kappa shape index (κ1) is 77.9. The summed E-state index contributed by atoms with van der Waals surface area (Å²) in [4.78, 5) is 35.4. The summed E-state index contributed by atoms with van der Waals surface area (Å²) in [5.74, 6) is 3.90. The van der Waals surface area contributed by atoms with Crippen LogP contribution in [0, 0.1) is 27.7 Å². The van der Waals surface area contributed by atoms with E-state index in [-0.39, 0.29) is 0 Å². The Bertz CT molecular complexity index is 7850. The van der Waals surface area contributed by atoms with E-state index in [1.807, 2.05) is 72.8 Å². The highest BCUT2D eigenvalue weighted by molar-refractivity contribution is 6.11. The molecule has 0 bridgehead atoms. The van der Waals surface area contributed by atoms with Gasteiger partial charge in [-0.2, -0.15) is 0 Å². The zero-order chi connectivity index (χ0) is 87.0. The molecule has 10 nitrogen and oxygen atoms in total. The number of fused-ring (bicyclic) bond motifs is 10. The second-order valence-electron chi connectivity index (χ2n) is 33.8. The van der Waals surface area contributed by atoms with Gasteiger partial charge in [-0.3, -0.25) is 0 Å². The fourth-order valence-corrected chi connectivity index (χ4v) is 20.7. The van der Waals surface area contributed by atoms with Gasteiger partial charge in [-0.1, -0.05) is 340 Å². The molecule has 0 saturated carbocycles. The van der Waals surface area contributed by atoms with Gasteiger partial charge in [-0.25, -0.2) is 29.9 Å². The molecule has 24 rings (SSSR count). The Labute approximate surface area is 755 Å². The van der Waals surface area contributed by atoms with Gasteiger partial charge >= 0.3 is 0 Å². The third-order valence-corrected chi connectivity index (χ3v) is 26.3. The maximum absolute atomic E-state index is 5.14. The topological polar surface area (TPSA) is 93.7 Å². The molecule has 0 amide bonds. The molecule has 0 radical (unpaired) electrons. The van der Waals surface area contributed by atoms with Gasteiger partial charge in [0.1, 0.15) is 0 Å². The predicted octanol–water partition coefficient (Wildman–Crippen LogP) is 29.5. The van der Waals surface area contributed by atoms with Crippen LogP contribution in [0.3, 0.4) is 0 Å². The first-order valence-corrected chi connectivity index (χ1v) is 44.4. The average molecular weight is 1670 g/mol. The second kappa shape index (κ2) is 32.3. The lowest BCUT2D eigenvalue weighted by atomic mass is 9.62. The minimum absolute atomic E-state index is 0.647. The largest absolute Gasteiger partial charge is 0.310 e. The quantitative estimate of drug-likeness (QED) is 0.106. The molecule has 0 fully saturated rings. The van der Waals surface area contributed by atoms with Gasteiger partial charge in [0.15, 0.2) is 34.9 Å². The van der Waals surface area contributed by atoms with Crippen LogP contribution in [0.4, 0.5) is 34.1 Å². The van der Waals surface area contributed by atoms with E-state index in [0.717, 1.165) is 101 Å². The first-order chi connectivity index (χ1) is 64.1. The van der Waals surface area contributed by atoms with Crippen molar-refractivity contribution < 1.29 is 0 Å². The van der Waals surface area contributed by atoms with Crippen molar-refractivity contribution in [3.8, 4) is 79.7 Å². The van der Waals surface area contributed by atoms with Crippen molar-refractivity contribution in [1.82, 2.24) is 39.0 Å². The van der Waals surface area contributed by atoms with Gasteiger partial charge in [-0.15, -0.1) is 0 Å². The third-order valence-electron chi connectivity index (χ3n) is 26.3. The molecular weight excluding hydrogens is 1580 g/mol. The molecule has 0 aliphatic carbocycles. The summed E-state index contributed by atoms with van der Waals surface area (Å²) in [6, 6.07) is 161. The van der Waals surface area contributed by atoms with Crippen molar-refractivity contribution in [2.45, 2.75) is 38.5 Å². The van der Waals surface area contributed by atoms with E-state index < -0.39 is 10.8 Å². The van der Waals surface area contributed by atoms with Crippen LogP contribution >= 0.6 is 0 Å². The van der Waals surface area contributed by atoms with Crippen LogP contribution in [0.1, 0.15) is 66.8 Å². The molecule has 0 atom stereocenters. The van der Waals surface area contributed by atoms with Crippen LogP contribution in [0.25, 0.3) is 123 Å². The Hall–Kier alpha value is -16.8. The molecule has 18 aromatic carbocycles. The summed E-state index contributed by atoms with van der Waals surface area (Å²) in [6.45, 7) is 8.73. The van der Waals surface area contributed by atoms with E-state index in [1.165, 1.54) is 88.1 Å². The molecule has 22 aromatic rings. The summed E-state index contributed by atoms with van der Waals surface area (Å²) >= 11 is 0. The Balaban J connectivity index is 0.000000148. The lowest BCUT2D eigenvalue weighted by molar-refractivity contribution is 0.732. The Morgan fingerprint density at radius 3 is 0.869 bits per heavy atom. The Morgan fingerprint density at radius 2 is 0.492 bits per heavy atom. The number of anilines is 6. The van der Waals surface area contributed by atoms with Crippen molar-refractivity contribution in [2.75, 3.05) is 9.80 Å². The minimum Gasteiger partial charge on any atom is -0.310 e. The standard InChI is InChI=1S/2C60H43N5/c1-40-38-56(41(2)37-48(40)59-62-57(42-21-7-3-8-22-42)61-58(63-59)43-23-9-4-10-24-43)65-54-33-19-16-30-50(54)60(44-25-11-5-12-26-44,51-31-17-20-34-55(51)65)45-35-36-53-49(39-45)47-29-15-18-32-52(47)64(53)46-27-13-6-14-28-46;1-40-37-47(38-41(2)56(40)59-62-57(42-21-7-3-8-22-42)61-58(63-59)43-23-9-4-10-24-43)65-54-33-19-16-30-50(54)60(44-25-11-5-12-26-44,51-31-17-20-34-55(51)65)45-35-36-53-49(39-45)48-29-15-18-32-52(48)64(53)46-27-13-6-14-28-46/h2*3-39H,1-2H3. The number of aromatic nitrogens is 8. The van der Waals surface area contributed by atoms with Gasteiger partial charge in [0, 0.05) is 77.7 Å². The van der Waals surface area contributed by atoms with Crippen LogP contribution in [0.2, 0.25) is 0 Å². The van der Waals surface area contributed by atoms with Crippen molar-refractivity contribution in [1.29, 1.82) is 0 Å². The van der Waals surface area contributed by atoms with Crippen molar-refractivity contribution >= 4 is 77.7 Å². The van der Waals surface area contributed by atoms with Crippen molar-refractivity contribution in [3.05, 3.63) is 516 Å². The maximum atomic E-state index is 5.14. The molecular formula is C120H86N10. The molecule has 2 aliphatic rings. The molecule has 616 valence electrons. The summed E-state index contributed by atoms with van der Waals surface area (Å²) in [5, 5.41) is 4.90. The lowest BCUT2D eigenvalue weighted by Gasteiger charge is -2.46. The SMILES string of the molecule is Cc1cc(N2c3ccccc3C(c3ccccc3)(c3ccc4c(c3)c3ccccc3n4-c3ccccc3)c3ccccc32)c(C)cc1-c1nc(-c2ccccc2)nc(-c2ccccc2)n1.Cc1cc(N2c3ccccc3C(c3ccccc3)(c3ccc4c(c3)c3ccccc3n4-c3ccccc3)c3ccccc32)cc(C)c1-c1nc(-c2ccccc2)nc(-c2ccccc2)n1. The first-order valence-electron chi connectivity index (χ1n) is 44.4. The van der Waals surface area contributed by atoms with Gasteiger partial charge in [0.2, 0.25) is 0 Å². The number of hydrogen-bond donors (Lipinski definition) is 0. The zero-order valence-corrected chi connectivity index (χ0v) is 72.2. The van der Waals surface area contributed by atoms with Crippen molar-refractivity contribution in [3.63, 3.8) is 0 Å². The Kier molecular flexibility index (Phi) is 19.4. The lowest BCUT2D eigenvalue weighted by Crippen LogP contribution is -2.37. The van der Waals surface area contributed by atoms with Gasteiger partial charge in [0.05, 0.1) is 55.6 Å². The smallest absolute Gasteiger partial charge is 0.164 e. The molecule has 130 heavy (non-hydrogen) atoms. The van der Waals surface area contributed by atoms with Crippen LogP contribution in [0.15, 0.2) is 449 Å². The van der Waals surface area contributed by atoms with E-state index in [0.29, 0.717) is 34.9 Å². The third kappa shape index (κ3) is 12.9. The molecule has 0 unspecified atom stereocenters. The highest BCUT2D eigenvalue weighted by Gasteiger charge is 2.49. The number of benzene rings is 18. The van der Waals surface area contributed by atoms with Crippen LogP contribution in [0.5, 0.6) is 0 Å². The summed E-state index contributed by atoms with van der Waals surface area (Å²) in [7, 11) is 0. The summed E-state index contributed by atoms with van der Waals surface area (Å²) in [5.41, 5.74) is 32.3. The van der Waals surface area contributed by atoms with E-state index in [2.05, 4.69) is 423 Å². The number of nitrogens with zero attached hydrogens (tertiary/aromatic N) is 10. The Morgan fingerprint density at radius 1 is 0.192 bits per heavy atom. The van der Waals surface area contributed by atoms with E-state index in [9.17, 15) is 0 Å². The molecule has 4 aromatic heterocycles. The van der Waals surface area contributed by atoms with Gasteiger partial charge in [-0.05, 0) is 204 Å².